The number of aromatic amines is 1. The monoisotopic (exact) mass is 264 g/mol. The number of alkyl halides is 1. The van der Waals surface area contributed by atoms with Gasteiger partial charge in [-0.2, -0.15) is 0 Å². The number of hydrogen-bond donors (Lipinski definition) is 2. The standard InChI is InChI=1S/C14H17ClN2O/c1-8-4-13-11(5-9(2)17-13)12(10(8)3)7-16-14(18)6-15/h4-5,17H,6-7H2,1-3H3,(H,16,18). The zero-order chi connectivity index (χ0) is 13.3. The number of halogens is 1. The van der Waals surface area contributed by atoms with Gasteiger partial charge in [0.05, 0.1) is 0 Å². The molecule has 0 saturated heterocycles. The van der Waals surface area contributed by atoms with Gasteiger partial charge in [0.1, 0.15) is 5.88 Å². The van der Waals surface area contributed by atoms with Crippen molar-refractivity contribution in [2.24, 2.45) is 0 Å². The normalized spacial score (nSPS) is 10.9. The van der Waals surface area contributed by atoms with Crippen molar-refractivity contribution in [1.82, 2.24) is 10.3 Å². The SMILES string of the molecule is Cc1cc2c(CNC(=O)CCl)c(C)c(C)cc2[nH]1. The first kappa shape index (κ1) is 13.0. The summed E-state index contributed by atoms with van der Waals surface area (Å²) in [6.45, 7) is 6.72. The molecule has 1 heterocycles. The molecule has 96 valence electrons. The van der Waals surface area contributed by atoms with Crippen LogP contribution in [-0.2, 0) is 11.3 Å². The smallest absolute Gasteiger partial charge is 0.235 e. The van der Waals surface area contributed by atoms with E-state index >= 15 is 0 Å². The Bertz CT molecular complexity index is 601. The number of fused-ring (bicyclic) bond motifs is 1. The van der Waals surface area contributed by atoms with Crippen LogP contribution in [0.25, 0.3) is 10.9 Å². The molecule has 0 fully saturated rings. The van der Waals surface area contributed by atoms with Crippen molar-refractivity contribution in [3.63, 3.8) is 0 Å². The number of aryl methyl sites for hydroxylation is 2. The molecule has 3 nitrogen and oxygen atoms in total. The van der Waals surface area contributed by atoms with Gasteiger partial charge in [0.15, 0.2) is 0 Å². The van der Waals surface area contributed by atoms with Gasteiger partial charge in [-0.3, -0.25) is 4.79 Å². The van der Waals surface area contributed by atoms with Gasteiger partial charge in [-0.05, 0) is 49.6 Å². The lowest BCUT2D eigenvalue weighted by Gasteiger charge is -2.11. The van der Waals surface area contributed by atoms with Crippen LogP contribution in [0.5, 0.6) is 0 Å². The lowest BCUT2D eigenvalue weighted by molar-refractivity contribution is -0.118. The first-order valence-corrected chi connectivity index (χ1v) is 6.47. The van der Waals surface area contributed by atoms with Crippen molar-refractivity contribution in [2.45, 2.75) is 27.3 Å². The van der Waals surface area contributed by atoms with Gasteiger partial charge in [0, 0.05) is 23.1 Å². The number of amides is 1. The van der Waals surface area contributed by atoms with Crippen molar-refractivity contribution in [3.05, 3.63) is 34.5 Å². The Kier molecular flexibility index (Phi) is 3.62. The summed E-state index contributed by atoms with van der Waals surface area (Å²) >= 11 is 5.49. The Labute approximate surface area is 112 Å². The molecule has 0 aliphatic rings. The van der Waals surface area contributed by atoms with E-state index in [1.807, 2.05) is 6.92 Å². The number of nitrogens with one attached hydrogen (secondary N) is 2. The Morgan fingerprint density at radius 3 is 2.72 bits per heavy atom. The molecule has 18 heavy (non-hydrogen) atoms. The molecular weight excluding hydrogens is 248 g/mol. The number of carbonyl (C=O) groups excluding carboxylic acids is 1. The van der Waals surface area contributed by atoms with Gasteiger partial charge in [-0.25, -0.2) is 0 Å². The van der Waals surface area contributed by atoms with E-state index in [0.29, 0.717) is 6.54 Å². The molecule has 0 aliphatic heterocycles. The van der Waals surface area contributed by atoms with Crippen molar-refractivity contribution in [3.8, 4) is 0 Å². The van der Waals surface area contributed by atoms with Crippen LogP contribution in [0.4, 0.5) is 0 Å². The second kappa shape index (κ2) is 5.02. The summed E-state index contributed by atoms with van der Waals surface area (Å²) in [5.74, 6) is -0.141. The molecule has 0 aliphatic carbocycles. The highest BCUT2D eigenvalue weighted by Crippen LogP contribution is 2.25. The zero-order valence-electron chi connectivity index (χ0n) is 10.9. The second-order valence-corrected chi connectivity index (χ2v) is 4.89. The number of aromatic nitrogens is 1. The third-order valence-electron chi connectivity index (χ3n) is 3.30. The molecule has 1 aromatic heterocycles. The topological polar surface area (TPSA) is 44.9 Å². The van der Waals surface area contributed by atoms with E-state index in [9.17, 15) is 4.79 Å². The van der Waals surface area contributed by atoms with Gasteiger partial charge in [-0.15, -0.1) is 11.6 Å². The maximum Gasteiger partial charge on any atom is 0.235 e. The summed E-state index contributed by atoms with van der Waals surface area (Å²) in [7, 11) is 0. The summed E-state index contributed by atoms with van der Waals surface area (Å²) < 4.78 is 0. The van der Waals surface area contributed by atoms with Gasteiger partial charge < -0.3 is 10.3 Å². The van der Waals surface area contributed by atoms with Crippen LogP contribution in [0.15, 0.2) is 12.1 Å². The highest BCUT2D eigenvalue weighted by molar-refractivity contribution is 6.27. The predicted octanol–water partition coefficient (Wildman–Crippen LogP) is 2.95. The number of carbonyl (C=O) groups is 1. The lowest BCUT2D eigenvalue weighted by Crippen LogP contribution is -2.24. The van der Waals surface area contributed by atoms with Crippen LogP contribution in [0.3, 0.4) is 0 Å². The van der Waals surface area contributed by atoms with E-state index in [1.54, 1.807) is 0 Å². The molecule has 2 rings (SSSR count). The van der Waals surface area contributed by atoms with Crippen LogP contribution in [0.2, 0.25) is 0 Å². The van der Waals surface area contributed by atoms with Crippen molar-refractivity contribution in [1.29, 1.82) is 0 Å². The molecule has 0 unspecified atom stereocenters. The maximum absolute atomic E-state index is 11.3. The third-order valence-corrected chi connectivity index (χ3v) is 3.54. The Hall–Kier alpha value is -1.48. The highest BCUT2D eigenvalue weighted by atomic mass is 35.5. The van der Waals surface area contributed by atoms with E-state index in [4.69, 9.17) is 11.6 Å². The maximum atomic E-state index is 11.3. The van der Waals surface area contributed by atoms with E-state index < -0.39 is 0 Å². The number of benzene rings is 1. The number of rotatable bonds is 3. The van der Waals surface area contributed by atoms with E-state index in [1.165, 1.54) is 16.5 Å². The molecule has 0 radical (unpaired) electrons. The minimum absolute atomic E-state index is 0.000170. The fraction of sp³-hybridized carbons (Fsp3) is 0.357. The summed E-state index contributed by atoms with van der Waals surface area (Å²) in [6.07, 6.45) is 0. The fourth-order valence-corrected chi connectivity index (χ4v) is 2.29. The van der Waals surface area contributed by atoms with Crippen molar-refractivity contribution < 1.29 is 4.79 Å². The molecule has 0 bridgehead atoms. The quantitative estimate of drug-likeness (QED) is 0.823. The zero-order valence-corrected chi connectivity index (χ0v) is 11.6. The molecule has 0 atom stereocenters. The Morgan fingerprint density at radius 2 is 2.06 bits per heavy atom. The second-order valence-electron chi connectivity index (χ2n) is 4.62. The minimum atomic E-state index is -0.141. The van der Waals surface area contributed by atoms with Crippen LogP contribution in [0.1, 0.15) is 22.4 Å². The molecule has 0 saturated carbocycles. The Morgan fingerprint density at radius 1 is 1.33 bits per heavy atom. The predicted molar refractivity (Wildman–Crippen MR) is 75.1 cm³/mol. The molecule has 1 amide bonds. The molecule has 2 N–H and O–H groups in total. The highest BCUT2D eigenvalue weighted by Gasteiger charge is 2.10. The van der Waals surface area contributed by atoms with Crippen LogP contribution in [0, 0.1) is 20.8 Å². The summed E-state index contributed by atoms with van der Waals surface area (Å²) in [6, 6.07) is 4.26. The first-order chi connectivity index (χ1) is 8.52. The third kappa shape index (κ3) is 2.36. The lowest BCUT2D eigenvalue weighted by atomic mass is 9.99. The average molecular weight is 265 g/mol. The molecule has 1 aromatic carbocycles. The van der Waals surface area contributed by atoms with E-state index in [2.05, 4.69) is 36.3 Å². The van der Waals surface area contributed by atoms with Crippen molar-refractivity contribution >= 4 is 28.4 Å². The van der Waals surface area contributed by atoms with Gasteiger partial charge >= 0.3 is 0 Å². The number of hydrogen-bond acceptors (Lipinski definition) is 1. The van der Waals surface area contributed by atoms with Crippen LogP contribution < -0.4 is 5.32 Å². The molecule has 2 aromatic rings. The summed E-state index contributed by atoms with van der Waals surface area (Å²) in [4.78, 5) is 14.6. The summed E-state index contributed by atoms with van der Waals surface area (Å²) in [5, 5.41) is 4.01. The minimum Gasteiger partial charge on any atom is -0.359 e. The molecule has 0 spiro atoms. The number of H-pyrrole nitrogens is 1. The van der Waals surface area contributed by atoms with Gasteiger partial charge in [0.25, 0.3) is 0 Å². The molecular formula is C14H17ClN2O. The summed E-state index contributed by atoms with van der Waals surface area (Å²) in [5.41, 5.74) is 5.84. The van der Waals surface area contributed by atoms with Crippen LogP contribution in [-0.4, -0.2) is 16.8 Å². The largest absolute Gasteiger partial charge is 0.359 e. The molecule has 4 heteroatoms. The Balaban J connectivity index is 2.46. The fourth-order valence-electron chi connectivity index (χ4n) is 2.20. The first-order valence-electron chi connectivity index (χ1n) is 5.94. The van der Waals surface area contributed by atoms with Crippen LogP contribution >= 0.6 is 11.6 Å². The average Bonchev–Trinajstić information content (AvgIpc) is 2.69. The van der Waals surface area contributed by atoms with Crippen molar-refractivity contribution in [2.75, 3.05) is 5.88 Å². The van der Waals surface area contributed by atoms with Gasteiger partial charge in [0.2, 0.25) is 5.91 Å². The van der Waals surface area contributed by atoms with E-state index in [-0.39, 0.29) is 11.8 Å². The van der Waals surface area contributed by atoms with E-state index in [0.717, 1.165) is 16.8 Å². The van der Waals surface area contributed by atoms with Gasteiger partial charge in [-0.1, -0.05) is 0 Å².